The molecule has 0 aliphatic carbocycles. The molecule has 0 saturated heterocycles. The van der Waals surface area contributed by atoms with Gasteiger partial charge in [-0.05, 0) is 38.1 Å². The van der Waals surface area contributed by atoms with Crippen LogP contribution < -0.4 is 4.90 Å². The van der Waals surface area contributed by atoms with Gasteiger partial charge in [-0.3, -0.25) is 4.79 Å². The van der Waals surface area contributed by atoms with Crippen molar-refractivity contribution in [2.45, 2.75) is 13.8 Å². The van der Waals surface area contributed by atoms with Gasteiger partial charge in [0.15, 0.2) is 5.78 Å². The van der Waals surface area contributed by atoms with Gasteiger partial charge in [0.25, 0.3) is 0 Å². The molecule has 0 spiro atoms. The van der Waals surface area contributed by atoms with Gasteiger partial charge in [0, 0.05) is 17.8 Å². The zero-order chi connectivity index (χ0) is 14.5. The first-order valence-electron chi connectivity index (χ1n) is 6.70. The smallest absolute Gasteiger partial charge is 0.182 e. The Bertz CT molecular complexity index is 592. The van der Waals surface area contributed by atoms with Crippen molar-refractivity contribution >= 4 is 11.5 Å². The first kappa shape index (κ1) is 14.3. The quantitative estimate of drug-likeness (QED) is 0.770. The van der Waals surface area contributed by atoms with Crippen LogP contribution in [0.3, 0.4) is 0 Å². The zero-order valence-electron chi connectivity index (χ0n) is 11.8. The molecule has 0 aliphatic heterocycles. The van der Waals surface area contributed by atoms with E-state index in [9.17, 15) is 9.18 Å². The number of nitrogens with zero attached hydrogens (tertiary/aromatic N) is 1. The third kappa shape index (κ3) is 3.44. The van der Waals surface area contributed by atoms with Gasteiger partial charge in [-0.1, -0.05) is 29.8 Å². The molecule has 2 aromatic rings. The summed E-state index contributed by atoms with van der Waals surface area (Å²) in [5.41, 5.74) is 2.60. The Balaban J connectivity index is 2.14. The molecule has 0 aliphatic rings. The lowest BCUT2D eigenvalue weighted by Crippen LogP contribution is -2.29. The third-order valence-corrected chi connectivity index (χ3v) is 3.26. The number of aryl methyl sites for hydroxylation is 1. The van der Waals surface area contributed by atoms with E-state index in [2.05, 4.69) is 0 Å². The van der Waals surface area contributed by atoms with E-state index >= 15 is 0 Å². The highest BCUT2D eigenvalue weighted by Gasteiger charge is 2.12. The van der Waals surface area contributed by atoms with E-state index in [1.54, 1.807) is 12.1 Å². The van der Waals surface area contributed by atoms with Gasteiger partial charge in [0.1, 0.15) is 5.82 Å². The molecule has 0 saturated carbocycles. The number of rotatable bonds is 5. The second-order valence-electron chi connectivity index (χ2n) is 4.78. The molecule has 0 fully saturated rings. The van der Waals surface area contributed by atoms with Gasteiger partial charge in [-0.2, -0.15) is 0 Å². The van der Waals surface area contributed by atoms with Crippen LogP contribution >= 0.6 is 0 Å². The summed E-state index contributed by atoms with van der Waals surface area (Å²) in [6, 6.07) is 13.9. The van der Waals surface area contributed by atoms with Crippen molar-refractivity contribution in [2.75, 3.05) is 18.0 Å². The fourth-order valence-corrected chi connectivity index (χ4v) is 2.07. The molecule has 0 unspecified atom stereocenters. The number of carbonyl (C=O) groups excluding carboxylic acids is 1. The highest BCUT2D eigenvalue weighted by atomic mass is 19.1. The molecule has 0 N–H and O–H groups in total. The average molecular weight is 271 g/mol. The minimum Gasteiger partial charge on any atom is -0.364 e. The Morgan fingerprint density at radius 2 is 1.85 bits per heavy atom. The summed E-state index contributed by atoms with van der Waals surface area (Å²) >= 11 is 0. The molecular weight excluding hydrogens is 253 g/mol. The Kier molecular flexibility index (Phi) is 4.51. The van der Waals surface area contributed by atoms with E-state index in [1.807, 2.05) is 43.0 Å². The van der Waals surface area contributed by atoms with Crippen LogP contribution in [0.5, 0.6) is 0 Å². The molecule has 2 rings (SSSR count). The largest absolute Gasteiger partial charge is 0.364 e. The number of carbonyl (C=O) groups is 1. The summed E-state index contributed by atoms with van der Waals surface area (Å²) in [5, 5.41) is 0. The van der Waals surface area contributed by atoms with Crippen LogP contribution in [0.25, 0.3) is 0 Å². The lowest BCUT2D eigenvalue weighted by Gasteiger charge is -2.22. The SMILES string of the molecule is CCN(CC(=O)c1cccc(F)c1)c1ccc(C)cc1. The van der Waals surface area contributed by atoms with E-state index in [0.717, 1.165) is 12.2 Å². The average Bonchev–Trinajstić information content (AvgIpc) is 2.45. The van der Waals surface area contributed by atoms with Crippen molar-refractivity contribution in [3.63, 3.8) is 0 Å². The van der Waals surface area contributed by atoms with E-state index in [-0.39, 0.29) is 18.1 Å². The van der Waals surface area contributed by atoms with Crippen molar-refractivity contribution < 1.29 is 9.18 Å². The maximum atomic E-state index is 13.1. The highest BCUT2D eigenvalue weighted by molar-refractivity contribution is 5.99. The second-order valence-corrected chi connectivity index (χ2v) is 4.78. The molecule has 0 amide bonds. The van der Waals surface area contributed by atoms with Crippen LogP contribution in [-0.4, -0.2) is 18.9 Å². The normalized spacial score (nSPS) is 10.3. The summed E-state index contributed by atoms with van der Waals surface area (Å²) in [6.45, 7) is 5.00. The number of hydrogen-bond donors (Lipinski definition) is 0. The van der Waals surface area contributed by atoms with Crippen LogP contribution in [0, 0.1) is 12.7 Å². The zero-order valence-corrected chi connectivity index (χ0v) is 11.8. The lowest BCUT2D eigenvalue weighted by molar-refractivity contribution is 0.0999. The van der Waals surface area contributed by atoms with Crippen LogP contribution in [-0.2, 0) is 0 Å². The van der Waals surface area contributed by atoms with Crippen molar-refractivity contribution in [1.82, 2.24) is 0 Å². The van der Waals surface area contributed by atoms with Crippen LogP contribution in [0.4, 0.5) is 10.1 Å². The molecular formula is C17H18FNO. The fourth-order valence-electron chi connectivity index (χ4n) is 2.07. The molecule has 0 aromatic heterocycles. The van der Waals surface area contributed by atoms with Gasteiger partial charge in [-0.25, -0.2) is 4.39 Å². The van der Waals surface area contributed by atoms with E-state index < -0.39 is 0 Å². The number of hydrogen-bond acceptors (Lipinski definition) is 2. The number of Topliss-reactive ketones (excluding diaryl/α,β-unsaturated/α-hetero) is 1. The third-order valence-electron chi connectivity index (χ3n) is 3.26. The molecule has 0 heterocycles. The monoisotopic (exact) mass is 271 g/mol. The van der Waals surface area contributed by atoms with Crippen molar-refractivity contribution in [1.29, 1.82) is 0 Å². The molecule has 2 aromatic carbocycles. The standard InChI is InChI=1S/C17H18FNO/c1-3-19(16-9-7-13(2)8-10-16)12-17(20)14-5-4-6-15(18)11-14/h4-11H,3,12H2,1-2H3. The van der Waals surface area contributed by atoms with Crippen molar-refractivity contribution in [3.05, 3.63) is 65.5 Å². The topological polar surface area (TPSA) is 20.3 Å². The van der Waals surface area contributed by atoms with Gasteiger partial charge in [0.2, 0.25) is 0 Å². The highest BCUT2D eigenvalue weighted by Crippen LogP contribution is 2.16. The van der Waals surface area contributed by atoms with E-state index in [4.69, 9.17) is 0 Å². The van der Waals surface area contributed by atoms with Crippen molar-refractivity contribution in [3.8, 4) is 0 Å². The number of halogens is 1. The molecule has 0 atom stereocenters. The molecule has 0 bridgehead atoms. The summed E-state index contributed by atoms with van der Waals surface area (Å²) in [4.78, 5) is 14.2. The van der Waals surface area contributed by atoms with Gasteiger partial charge < -0.3 is 4.90 Å². The minimum atomic E-state index is -0.380. The summed E-state index contributed by atoms with van der Waals surface area (Å²) in [5.74, 6) is -0.457. The van der Waals surface area contributed by atoms with E-state index in [1.165, 1.54) is 17.7 Å². The Hall–Kier alpha value is -2.16. The summed E-state index contributed by atoms with van der Waals surface area (Å²) < 4.78 is 13.1. The van der Waals surface area contributed by atoms with Gasteiger partial charge in [0.05, 0.1) is 6.54 Å². The minimum absolute atomic E-state index is 0.0769. The number of ketones is 1. The molecule has 3 heteroatoms. The predicted molar refractivity (Wildman–Crippen MR) is 79.8 cm³/mol. The van der Waals surface area contributed by atoms with Crippen LogP contribution in [0.15, 0.2) is 48.5 Å². The second kappa shape index (κ2) is 6.33. The Labute approximate surface area is 118 Å². The lowest BCUT2D eigenvalue weighted by atomic mass is 10.1. The maximum absolute atomic E-state index is 13.1. The molecule has 104 valence electrons. The number of benzene rings is 2. The van der Waals surface area contributed by atoms with Gasteiger partial charge in [-0.15, -0.1) is 0 Å². The predicted octanol–water partition coefficient (Wildman–Crippen LogP) is 3.84. The fraction of sp³-hybridized carbons (Fsp3) is 0.235. The van der Waals surface area contributed by atoms with E-state index in [0.29, 0.717) is 5.56 Å². The Morgan fingerprint density at radius 1 is 1.15 bits per heavy atom. The Morgan fingerprint density at radius 3 is 2.45 bits per heavy atom. The van der Waals surface area contributed by atoms with Crippen LogP contribution in [0.1, 0.15) is 22.8 Å². The first-order chi connectivity index (χ1) is 9.60. The molecule has 2 nitrogen and oxygen atoms in total. The maximum Gasteiger partial charge on any atom is 0.182 e. The summed E-state index contributed by atoms with van der Waals surface area (Å²) in [6.07, 6.45) is 0. The molecule has 0 radical (unpaired) electrons. The number of anilines is 1. The summed E-state index contributed by atoms with van der Waals surface area (Å²) in [7, 11) is 0. The number of likely N-dealkylation sites (N-methyl/N-ethyl adjacent to an activating group) is 1. The van der Waals surface area contributed by atoms with Crippen LogP contribution in [0.2, 0.25) is 0 Å². The molecule has 20 heavy (non-hydrogen) atoms. The van der Waals surface area contributed by atoms with Gasteiger partial charge >= 0.3 is 0 Å². The van der Waals surface area contributed by atoms with Crippen molar-refractivity contribution in [2.24, 2.45) is 0 Å². The first-order valence-corrected chi connectivity index (χ1v) is 6.70.